The molecule has 0 aliphatic heterocycles. The lowest BCUT2D eigenvalue weighted by Gasteiger charge is -2.20. The van der Waals surface area contributed by atoms with E-state index in [1.165, 1.54) is 6.20 Å². The Morgan fingerprint density at radius 2 is 1.69 bits per heavy atom. The number of hydrogen-bond donors (Lipinski definition) is 3. The molecule has 9 nitrogen and oxygen atoms in total. The Balaban J connectivity index is 1.41. The number of hydrogen-bond acceptors (Lipinski definition) is 6. The molecule has 2 atom stereocenters. The molecule has 2 amide bonds. The number of nitrogens with zero attached hydrogens (tertiary/aromatic N) is 1. The van der Waals surface area contributed by atoms with E-state index >= 15 is 0 Å². The van der Waals surface area contributed by atoms with Crippen LogP contribution in [0.25, 0.3) is 11.1 Å². The number of ether oxygens (including phenoxy) is 1. The van der Waals surface area contributed by atoms with Gasteiger partial charge in [-0.2, -0.15) is 0 Å². The molecule has 0 saturated heterocycles. The average Bonchev–Trinajstić information content (AvgIpc) is 3.41. The second kappa shape index (κ2) is 10.4. The largest absolute Gasteiger partial charge is 0.481 e. The van der Waals surface area contributed by atoms with Crippen molar-refractivity contribution in [3.05, 3.63) is 77.5 Å². The van der Waals surface area contributed by atoms with Gasteiger partial charge in [0.1, 0.15) is 24.5 Å². The number of carboxylic acids is 1. The SMILES string of the molecule is Cc1cnc(C(C)NC(=O)C(CCC(=O)O)NC(=O)OCC2c3ccccc3-c3ccccc32)o1. The van der Waals surface area contributed by atoms with Gasteiger partial charge in [0, 0.05) is 12.3 Å². The molecule has 1 aliphatic carbocycles. The monoisotopic (exact) mass is 477 g/mol. The molecule has 2 unspecified atom stereocenters. The summed E-state index contributed by atoms with van der Waals surface area (Å²) in [7, 11) is 0. The van der Waals surface area contributed by atoms with E-state index in [9.17, 15) is 14.4 Å². The van der Waals surface area contributed by atoms with Crippen LogP contribution in [0.5, 0.6) is 0 Å². The summed E-state index contributed by atoms with van der Waals surface area (Å²) >= 11 is 0. The lowest BCUT2D eigenvalue weighted by molar-refractivity contribution is -0.137. The summed E-state index contributed by atoms with van der Waals surface area (Å²) in [4.78, 5) is 40.7. The van der Waals surface area contributed by atoms with Gasteiger partial charge in [-0.25, -0.2) is 9.78 Å². The molecule has 1 aromatic heterocycles. The molecule has 0 fully saturated rings. The highest BCUT2D eigenvalue weighted by Crippen LogP contribution is 2.44. The van der Waals surface area contributed by atoms with E-state index in [1.807, 2.05) is 48.5 Å². The van der Waals surface area contributed by atoms with E-state index in [4.69, 9.17) is 14.3 Å². The van der Waals surface area contributed by atoms with Crippen molar-refractivity contribution in [2.75, 3.05) is 6.61 Å². The smallest absolute Gasteiger partial charge is 0.407 e. The van der Waals surface area contributed by atoms with Crippen LogP contribution in [0.15, 0.2) is 59.1 Å². The van der Waals surface area contributed by atoms with Gasteiger partial charge in [0.25, 0.3) is 0 Å². The van der Waals surface area contributed by atoms with Gasteiger partial charge in [-0.15, -0.1) is 0 Å². The molecule has 35 heavy (non-hydrogen) atoms. The molecule has 0 saturated carbocycles. The Hall–Kier alpha value is -4.14. The molecular weight excluding hydrogens is 450 g/mol. The number of benzene rings is 2. The Morgan fingerprint density at radius 3 is 2.26 bits per heavy atom. The molecule has 3 N–H and O–H groups in total. The van der Waals surface area contributed by atoms with Gasteiger partial charge in [0.05, 0.1) is 6.20 Å². The van der Waals surface area contributed by atoms with Gasteiger partial charge >= 0.3 is 12.1 Å². The number of aliphatic carboxylic acids is 1. The first kappa shape index (κ1) is 24.0. The third-order valence-corrected chi connectivity index (χ3v) is 5.97. The zero-order valence-electron chi connectivity index (χ0n) is 19.5. The lowest BCUT2D eigenvalue weighted by atomic mass is 9.98. The second-order valence-corrected chi connectivity index (χ2v) is 8.49. The summed E-state index contributed by atoms with van der Waals surface area (Å²) in [5.74, 6) is -0.848. The van der Waals surface area contributed by atoms with Crippen LogP contribution in [0, 0.1) is 6.92 Å². The fourth-order valence-electron chi connectivity index (χ4n) is 4.27. The minimum atomic E-state index is -1.10. The molecule has 1 aliphatic rings. The van der Waals surface area contributed by atoms with Crippen LogP contribution in [-0.4, -0.2) is 40.7 Å². The Labute approximate surface area is 202 Å². The highest BCUT2D eigenvalue weighted by Gasteiger charge is 2.30. The van der Waals surface area contributed by atoms with Crippen molar-refractivity contribution in [3.63, 3.8) is 0 Å². The summed E-state index contributed by atoms with van der Waals surface area (Å²) in [6.45, 7) is 3.50. The van der Waals surface area contributed by atoms with E-state index in [0.717, 1.165) is 22.3 Å². The fourth-order valence-corrected chi connectivity index (χ4v) is 4.27. The van der Waals surface area contributed by atoms with Crippen LogP contribution >= 0.6 is 0 Å². The van der Waals surface area contributed by atoms with Crippen molar-refractivity contribution >= 4 is 18.0 Å². The summed E-state index contributed by atoms with van der Waals surface area (Å²) in [5.41, 5.74) is 4.34. The topological polar surface area (TPSA) is 131 Å². The summed E-state index contributed by atoms with van der Waals surface area (Å²) in [6.07, 6.45) is 0.350. The zero-order valence-corrected chi connectivity index (χ0v) is 19.5. The zero-order chi connectivity index (χ0) is 24.9. The number of carbonyl (C=O) groups excluding carboxylic acids is 2. The number of nitrogens with one attached hydrogen (secondary N) is 2. The Kier molecular flexibility index (Phi) is 7.14. The van der Waals surface area contributed by atoms with Gasteiger partial charge in [-0.1, -0.05) is 48.5 Å². The van der Waals surface area contributed by atoms with Crippen molar-refractivity contribution < 1.29 is 28.6 Å². The summed E-state index contributed by atoms with van der Waals surface area (Å²) in [5, 5.41) is 14.3. The quantitative estimate of drug-likeness (QED) is 0.426. The molecular formula is C26H27N3O6. The molecule has 0 bridgehead atoms. The predicted octanol–water partition coefficient (Wildman–Crippen LogP) is 3.93. The minimum absolute atomic E-state index is 0.0825. The molecule has 0 radical (unpaired) electrons. The van der Waals surface area contributed by atoms with E-state index < -0.39 is 30.1 Å². The van der Waals surface area contributed by atoms with E-state index in [2.05, 4.69) is 15.6 Å². The van der Waals surface area contributed by atoms with Gasteiger partial charge in [0.15, 0.2) is 0 Å². The maximum atomic E-state index is 12.8. The fraction of sp³-hybridized carbons (Fsp3) is 0.308. The third kappa shape index (κ3) is 5.51. The highest BCUT2D eigenvalue weighted by atomic mass is 16.5. The van der Waals surface area contributed by atoms with E-state index in [1.54, 1.807) is 13.8 Å². The molecule has 9 heteroatoms. The van der Waals surface area contributed by atoms with E-state index in [-0.39, 0.29) is 25.4 Å². The molecule has 0 spiro atoms. The first-order valence-electron chi connectivity index (χ1n) is 11.4. The lowest BCUT2D eigenvalue weighted by Crippen LogP contribution is -2.48. The average molecular weight is 478 g/mol. The molecule has 3 aromatic rings. The molecule has 4 rings (SSSR count). The van der Waals surface area contributed by atoms with Gasteiger partial charge in [0.2, 0.25) is 11.8 Å². The number of aromatic nitrogens is 1. The number of carbonyl (C=O) groups is 3. The normalized spacial score (nSPS) is 13.9. The maximum absolute atomic E-state index is 12.8. The van der Waals surface area contributed by atoms with Crippen LogP contribution in [0.3, 0.4) is 0 Å². The Morgan fingerprint density at radius 1 is 1.06 bits per heavy atom. The minimum Gasteiger partial charge on any atom is -0.481 e. The van der Waals surface area contributed by atoms with Crippen molar-refractivity contribution in [1.29, 1.82) is 0 Å². The van der Waals surface area contributed by atoms with Gasteiger partial charge < -0.3 is 24.9 Å². The van der Waals surface area contributed by atoms with E-state index in [0.29, 0.717) is 11.7 Å². The van der Waals surface area contributed by atoms with Gasteiger partial charge in [-0.3, -0.25) is 9.59 Å². The van der Waals surface area contributed by atoms with Crippen molar-refractivity contribution in [1.82, 2.24) is 15.6 Å². The predicted molar refractivity (Wildman–Crippen MR) is 127 cm³/mol. The highest BCUT2D eigenvalue weighted by molar-refractivity contribution is 5.86. The molecule has 182 valence electrons. The second-order valence-electron chi connectivity index (χ2n) is 8.49. The summed E-state index contributed by atoms with van der Waals surface area (Å²) < 4.78 is 10.9. The molecule has 1 heterocycles. The van der Waals surface area contributed by atoms with Crippen LogP contribution < -0.4 is 10.6 Å². The first-order chi connectivity index (χ1) is 16.8. The summed E-state index contributed by atoms with van der Waals surface area (Å²) in [6, 6.07) is 14.3. The van der Waals surface area contributed by atoms with Crippen LogP contribution in [0.4, 0.5) is 4.79 Å². The van der Waals surface area contributed by atoms with Crippen molar-refractivity contribution in [2.45, 2.75) is 44.7 Å². The van der Waals surface area contributed by atoms with Crippen molar-refractivity contribution in [2.24, 2.45) is 0 Å². The maximum Gasteiger partial charge on any atom is 0.407 e. The number of oxazole rings is 1. The number of carboxylic acid groups (broad SMARTS) is 1. The number of aryl methyl sites for hydroxylation is 1. The van der Waals surface area contributed by atoms with Crippen LogP contribution in [0.1, 0.15) is 54.5 Å². The van der Waals surface area contributed by atoms with Crippen LogP contribution in [0.2, 0.25) is 0 Å². The number of alkyl carbamates (subject to hydrolysis) is 1. The number of amides is 2. The number of rotatable bonds is 9. The number of fused-ring (bicyclic) bond motifs is 3. The van der Waals surface area contributed by atoms with Gasteiger partial charge in [-0.05, 0) is 42.5 Å². The third-order valence-electron chi connectivity index (χ3n) is 5.97. The first-order valence-corrected chi connectivity index (χ1v) is 11.4. The standard InChI is InChI=1S/C26H27N3O6/c1-15-13-27-25(35-15)16(2)28-24(32)22(11-12-23(30)31)29-26(33)34-14-21-19-9-5-3-7-17(19)18-8-4-6-10-20(18)21/h3-10,13,16,21-22H,11-12,14H2,1-2H3,(H,28,32)(H,29,33)(H,30,31). The Bertz CT molecular complexity index is 1190. The molecule has 2 aromatic carbocycles. The van der Waals surface area contributed by atoms with Crippen LogP contribution in [-0.2, 0) is 14.3 Å². The van der Waals surface area contributed by atoms with Crippen molar-refractivity contribution in [3.8, 4) is 11.1 Å².